The first-order valence-electron chi connectivity index (χ1n) is 12.3. The standard InChI is InChI=1S/C25H36N4O4S/c1-17-5-4-6-21(15-17)23-27-24(31)25(28-23)10-12-29(13-11-25)34(32,33)14-9-20-7-8-22(16-18(20)2)26-19(3)30/h7-8,16-17,21H,4-6,9-15H2,1-3H3,(H,26,30)(H,27,28,31). The maximum Gasteiger partial charge on any atom is 0.253 e. The van der Waals surface area contributed by atoms with Gasteiger partial charge in [-0.3, -0.25) is 14.6 Å². The molecule has 0 bridgehead atoms. The number of aryl methyl sites for hydroxylation is 2. The van der Waals surface area contributed by atoms with E-state index in [-0.39, 0.29) is 17.6 Å². The van der Waals surface area contributed by atoms with Crippen molar-refractivity contribution in [3.63, 3.8) is 0 Å². The smallest absolute Gasteiger partial charge is 0.253 e. The van der Waals surface area contributed by atoms with Crippen molar-refractivity contribution < 1.29 is 18.0 Å². The number of nitrogens with zero attached hydrogens (tertiary/aromatic N) is 2. The Labute approximate surface area is 202 Å². The fourth-order valence-electron chi connectivity index (χ4n) is 5.52. The summed E-state index contributed by atoms with van der Waals surface area (Å²) in [5, 5.41) is 5.79. The zero-order valence-corrected chi connectivity index (χ0v) is 21.2. The van der Waals surface area contributed by atoms with Gasteiger partial charge in [0.2, 0.25) is 15.9 Å². The first kappa shape index (κ1) is 24.9. The van der Waals surface area contributed by atoms with Crippen LogP contribution in [0.3, 0.4) is 0 Å². The van der Waals surface area contributed by atoms with Gasteiger partial charge in [0.1, 0.15) is 11.4 Å². The predicted molar refractivity (Wildman–Crippen MR) is 133 cm³/mol. The van der Waals surface area contributed by atoms with Crippen LogP contribution in [0.4, 0.5) is 5.69 Å². The number of benzene rings is 1. The normalized spacial score (nSPS) is 25.1. The molecule has 186 valence electrons. The molecule has 3 aliphatic rings. The van der Waals surface area contributed by atoms with Crippen molar-refractivity contribution >= 4 is 33.4 Å². The number of hydrogen-bond donors (Lipinski definition) is 2. The van der Waals surface area contributed by atoms with Gasteiger partial charge < -0.3 is 10.6 Å². The highest BCUT2D eigenvalue weighted by atomic mass is 32.2. The van der Waals surface area contributed by atoms with Crippen LogP contribution in [-0.4, -0.2) is 54.8 Å². The molecule has 1 aromatic carbocycles. The molecule has 2 heterocycles. The van der Waals surface area contributed by atoms with Crippen molar-refractivity contribution in [2.24, 2.45) is 16.8 Å². The van der Waals surface area contributed by atoms with Gasteiger partial charge in [-0.1, -0.05) is 25.8 Å². The van der Waals surface area contributed by atoms with Gasteiger partial charge in [-0.25, -0.2) is 12.7 Å². The second kappa shape index (κ2) is 9.77. The first-order chi connectivity index (χ1) is 16.1. The van der Waals surface area contributed by atoms with Gasteiger partial charge in [0.25, 0.3) is 5.91 Å². The lowest BCUT2D eigenvalue weighted by molar-refractivity contribution is -0.125. The van der Waals surface area contributed by atoms with Crippen LogP contribution in [0.25, 0.3) is 0 Å². The minimum Gasteiger partial charge on any atom is -0.326 e. The highest BCUT2D eigenvalue weighted by Gasteiger charge is 2.48. The van der Waals surface area contributed by atoms with Crippen LogP contribution < -0.4 is 10.6 Å². The van der Waals surface area contributed by atoms with Gasteiger partial charge in [0.05, 0.1) is 5.75 Å². The van der Waals surface area contributed by atoms with Crippen LogP contribution in [-0.2, 0) is 26.0 Å². The summed E-state index contributed by atoms with van der Waals surface area (Å²) in [5.41, 5.74) is 1.78. The largest absolute Gasteiger partial charge is 0.326 e. The topological polar surface area (TPSA) is 108 Å². The average Bonchev–Trinajstić information content (AvgIpc) is 3.09. The number of amides is 2. The van der Waals surface area contributed by atoms with Crippen molar-refractivity contribution in [1.29, 1.82) is 0 Å². The monoisotopic (exact) mass is 488 g/mol. The van der Waals surface area contributed by atoms with E-state index < -0.39 is 15.6 Å². The van der Waals surface area contributed by atoms with Gasteiger partial charge in [0, 0.05) is 31.6 Å². The molecule has 9 heteroatoms. The Kier molecular flexibility index (Phi) is 7.14. The highest BCUT2D eigenvalue weighted by Crippen LogP contribution is 2.36. The van der Waals surface area contributed by atoms with Gasteiger partial charge in [-0.05, 0) is 68.2 Å². The Balaban J connectivity index is 1.36. The summed E-state index contributed by atoms with van der Waals surface area (Å²) in [5.74, 6) is 1.60. The molecule has 2 fully saturated rings. The van der Waals surface area contributed by atoms with E-state index in [4.69, 9.17) is 4.99 Å². The summed E-state index contributed by atoms with van der Waals surface area (Å²) in [7, 11) is -3.45. The third-order valence-corrected chi connectivity index (χ3v) is 9.43. The number of carbonyl (C=O) groups is 2. The van der Waals surface area contributed by atoms with E-state index in [1.807, 2.05) is 19.1 Å². The van der Waals surface area contributed by atoms with Gasteiger partial charge >= 0.3 is 0 Å². The maximum absolute atomic E-state index is 13.0. The second-order valence-corrected chi connectivity index (χ2v) is 12.3. The Morgan fingerprint density at radius 2 is 2.00 bits per heavy atom. The molecule has 34 heavy (non-hydrogen) atoms. The first-order valence-corrected chi connectivity index (χ1v) is 13.9. The number of amidine groups is 1. The van der Waals surface area contributed by atoms with Crippen molar-refractivity contribution in [2.45, 2.75) is 71.3 Å². The third kappa shape index (κ3) is 5.35. The minimum atomic E-state index is -3.45. The molecule has 1 aromatic rings. The van der Waals surface area contributed by atoms with E-state index in [1.165, 1.54) is 17.6 Å². The number of sulfonamides is 1. The SMILES string of the molecule is CC(=O)Nc1ccc(CCS(=O)(=O)N2CCC3(CC2)N=C(C2CCCC(C)C2)NC3=O)c(C)c1. The quantitative estimate of drug-likeness (QED) is 0.642. The Morgan fingerprint density at radius 1 is 1.26 bits per heavy atom. The van der Waals surface area contributed by atoms with E-state index in [2.05, 4.69) is 17.6 Å². The highest BCUT2D eigenvalue weighted by molar-refractivity contribution is 7.89. The Hall–Kier alpha value is -2.26. The number of carbonyl (C=O) groups excluding carboxylic acids is 2. The van der Waals surface area contributed by atoms with Crippen molar-refractivity contribution in [3.8, 4) is 0 Å². The Morgan fingerprint density at radius 3 is 2.65 bits per heavy atom. The average molecular weight is 489 g/mol. The summed E-state index contributed by atoms with van der Waals surface area (Å²) in [6, 6.07) is 5.52. The summed E-state index contributed by atoms with van der Waals surface area (Å²) in [6.45, 7) is 6.25. The van der Waals surface area contributed by atoms with Crippen molar-refractivity contribution in [1.82, 2.24) is 9.62 Å². The molecule has 4 rings (SSSR count). The van der Waals surface area contributed by atoms with E-state index in [0.29, 0.717) is 49.9 Å². The number of hydrogen-bond acceptors (Lipinski definition) is 5. The fourth-order valence-corrected chi connectivity index (χ4v) is 6.99. The van der Waals surface area contributed by atoms with Gasteiger partial charge in [0.15, 0.2) is 0 Å². The van der Waals surface area contributed by atoms with Crippen molar-refractivity contribution in [3.05, 3.63) is 29.3 Å². The lowest BCUT2D eigenvalue weighted by atomic mass is 9.82. The second-order valence-electron chi connectivity index (χ2n) is 10.2. The zero-order valence-electron chi connectivity index (χ0n) is 20.4. The molecule has 1 spiro atoms. The van der Waals surface area contributed by atoms with E-state index in [0.717, 1.165) is 36.2 Å². The maximum atomic E-state index is 13.0. The van der Waals surface area contributed by atoms with Gasteiger partial charge in [-0.2, -0.15) is 0 Å². The van der Waals surface area contributed by atoms with E-state index in [9.17, 15) is 18.0 Å². The number of aliphatic imine (C=N–C) groups is 1. The molecule has 2 unspecified atom stereocenters. The lowest BCUT2D eigenvalue weighted by Crippen LogP contribution is -2.51. The number of anilines is 1. The number of piperidine rings is 1. The van der Waals surface area contributed by atoms with Crippen LogP contribution in [0, 0.1) is 18.8 Å². The molecule has 1 saturated carbocycles. The molecule has 2 N–H and O–H groups in total. The molecule has 2 amide bonds. The van der Waals surface area contributed by atoms with Crippen LogP contribution >= 0.6 is 0 Å². The molecule has 2 atom stereocenters. The lowest BCUT2D eigenvalue weighted by Gasteiger charge is -2.34. The number of rotatable bonds is 6. The van der Waals surface area contributed by atoms with Crippen LogP contribution in [0.15, 0.2) is 23.2 Å². The predicted octanol–water partition coefficient (Wildman–Crippen LogP) is 3.01. The van der Waals surface area contributed by atoms with Crippen LogP contribution in [0.1, 0.15) is 63.5 Å². The molecule has 0 radical (unpaired) electrons. The van der Waals surface area contributed by atoms with E-state index >= 15 is 0 Å². The molecular formula is C25H36N4O4S. The molecule has 1 aliphatic carbocycles. The summed E-state index contributed by atoms with van der Waals surface area (Å²) in [6.07, 6.45) is 5.76. The number of nitrogens with one attached hydrogen (secondary N) is 2. The fraction of sp³-hybridized carbons (Fsp3) is 0.640. The Bertz CT molecular complexity index is 1090. The van der Waals surface area contributed by atoms with Crippen LogP contribution in [0.2, 0.25) is 0 Å². The van der Waals surface area contributed by atoms with Gasteiger partial charge in [-0.15, -0.1) is 0 Å². The van der Waals surface area contributed by atoms with E-state index in [1.54, 1.807) is 6.07 Å². The van der Waals surface area contributed by atoms with Crippen LogP contribution in [0.5, 0.6) is 0 Å². The molecule has 0 aromatic heterocycles. The third-order valence-electron chi connectivity index (χ3n) is 7.56. The molecular weight excluding hydrogens is 452 g/mol. The molecule has 1 saturated heterocycles. The molecule has 8 nitrogen and oxygen atoms in total. The zero-order chi connectivity index (χ0) is 24.5. The summed E-state index contributed by atoms with van der Waals surface area (Å²) in [4.78, 5) is 29.0. The minimum absolute atomic E-state index is 0.0149. The summed E-state index contributed by atoms with van der Waals surface area (Å²) >= 11 is 0. The molecule has 2 aliphatic heterocycles. The summed E-state index contributed by atoms with van der Waals surface area (Å²) < 4.78 is 27.6. The van der Waals surface area contributed by atoms with Crippen molar-refractivity contribution in [2.75, 3.05) is 24.2 Å².